The van der Waals surface area contributed by atoms with Crippen LogP contribution in [0.2, 0.25) is 0 Å². The van der Waals surface area contributed by atoms with Gasteiger partial charge in [-0.3, -0.25) is 19.2 Å². The number of rotatable bonds is 7. The van der Waals surface area contributed by atoms with Crippen LogP contribution in [-0.2, 0) is 28.7 Å². The molecule has 11 nitrogen and oxygen atoms in total. The van der Waals surface area contributed by atoms with E-state index in [2.05, 4.69) is 33.1 Å². The van der Waals surface area contributed by atoms with E-state index in [4.69, 9.17) is 4.74 Å². The van der Waals surface area contributed by atoms with Crippen LogP contribution in [0.5, 0.6) is 0 Å². The minimum Gasteiger partial charge on any atom is -0.480 e. The number of fused-ring (bicyclic) bond motifs is 17. The molecule has 7 unspecified atom stereocenters. The van der Waals surface area contributed by atoms with Gasteiger partial charge in [0.1, 0.15) is 24.7 Å². The van der Waals surface area contributed by atoms with Gasteiger partial charge in [-0.25, -0.2) is 4.79 Å². The quantitative estimate of drug-likeness (QED) is 0.129. The lowest BCUT2D eigenvalue weighted by Gasteiger charge is -2.37. The summed E-state index contributed by atoms with van der Waals surface area (Å²) >= 11 is 0. The summed E-state index contributed by atoms with van der Waals surface area (Å²) in [6.07, 6.45) is 29.3. The lowest BCUT2D eigenvalue weighted by molar-refractivity contribution is -0.143. The third kappa shape index (κ3) is 13.7. The molecular weight excluding hydrogens is 769 g/mol. The topological polar surface area (TPSA) is 163 Å². The second kappa shape index (κ2) is 23.0. The fourth-order valence-corrected chi connectivity index (χ4v) is 12.9. The van der Waals surface area contributed by atoms with Crippen molar-refractivity contribution in [1.82, 2.24) is 21.3 Å². The molecule has 0 aromatic heterocycles. The van der Waals surface area contributed by atoms with Crippen molar-refractivity contribution in [1.29, 1.82) is 0 Å². The van der Waals surface area contributed by atoms with Crippen LogP contribution >= 0.6 is 0 Å². The van der Waals surface area contributed by atoms with Crippen molar-refractivity contribution in [2.45, 2.75) is 216 Å². The van der Waals surface area contributed by atoms with Crippen LogP contribution in [0.4, 0.5) is 0 Å². The molecule has 2 heterocycles. The molecule has 4 amide bonds. The van der Waals surface area contributed by atoms with Gasteiger partial charge >= 0.3 is 5.97 Å². The Morgan fingerprint density at radius 3 is 1.84 bits per heavy atom. The number of ether oxygens (including phenoxy) is 1. The standard InChI is InChI=1S/C50H78N4O7/c55-46-32-61-41-25-18-36(19-26-41)31-45(50(59)60)54-48(57)43(27-20-33-9-3-1-4-10-33)52-49(58)44(30-35-16-23-39(24-17-35)37-11-5-2-6-12-37)53-47(56)42(51-46)28-21-34-15-22-38-13-7-8-14-40(38)29-34/h33-45H,1-20,22-27,29-32H2,(H,51,55)(H,52,58)(H,53,56)(H,54,57)(H,59,60). The Bertz CT molecular complexity index is 1530. The molecule has 0 aromatic rings. The SMILES string of the molecule is O=C1COC2CCC(CC2)CC(C(=O)O)NC(=O)C(CCC2CCCCC2)NC(=O)C(CC2CCC(C3CCCCC3)CC2)NC(=O)C(C#CC2CCC3CCCCC3C2)N1. The second-order valence-corrected chi connectivity index (χ2v) is 20.8. The summed E-state index contributed by atoms with van der Waals surface area (Å²) in [5.74, 6) is 7.52. The minimum absolute atomic E-state index is 0.0789. The predicted molar refractivity (Wildman–Crippen MR) is 235 cm³/mol. The first kappa shape index (κ1) is 45.9. The molecule has 2 saturated heterocycles. The number of amides is 4. The minimum atomic E-state index is -1.16. The maximum Gasteiger partial charge on any atom is 0.326 e. The van der Waals surface area contributed by atoms with Gasteiger partial charge in [-0.15, -0.1) is 0 Å². The van der Waals surface area contributed by atoms with Gasteiger partial charge in [0.05, 0.1) is 6.10 Å². The number of aliphatic carboxylic acids is 1. The molecule has 8 fully saturated rings. The summed E-state index contributed by atoms with van der Waals surface area (Å²) < 4.78 is 6.08. The summed E-state index contributed by atoms with van der Waals surface area (Å²) in [6.45, 7) is -0.210. The highest BCUT2D eigenvalue weighted by atomic mass is 16.5. The molecule has 11 heteroatoms. The van der Waals surface area contributed by atoms with Crippen molar-refractivity contribution in [2.24, 2.45) is 47.3 Å². The average molecular weight is 847 g/mol. The molecule has 2 aliphatic heterocycles. The first-order chi connectivity index (χ1) is 29.7. The fraction of sp³-hybridized carbons (Fsp3) is 0.860. The third-order valence-corrected chi connectivity index (χ3v) is 16.6. The van der Waals surface area contributed by atoms with Crippen LogP contribution < -0.4 is 21.3 Å². The first-order valence-corrected chi connectivity index (χ1v) is 25.2. The molecule has 7 atom stereocenters. The number of hydrogen-bond donors (Lipinski definition) is 5. The van der Waals surface area contributed by atoms with Gasteiger partial charge in [-0.1, -0.05) is 115 Å². The summed E-state index contributed by atoms with van der Waals surface area (Å²) in [4.78, 5) is 69.5. The van der Waals surface area contributed by atoms with Gasteiger partial charge < -0.3 is 31.1 Å². The number of carboxylic acid groups (broad SMARTS) is 1. The molecule has 8 aliphatic rings. The highest BCUT2D eigenvalue weighted by molar-refractivity contribution is 5.96. The lowest BCUT2D eigenvalue weighted by Crippen LogP contribution is -2.58. The van der Waals surface area contributed by atoms with Crippen molar-refractivity contribution < 1.29 is 33.8 Å². The van der Waals surface area contributed by atoms with Crippen LogP contribution in [-0.4, -0.2) is 71.6 Å². The fourth-order valence-electron chi connectivity index (χ4n) is 12.9. The normalized spacial score (nSPS) is 36.9. The van der Waals surface area contributed by atoms with Gasteiger partial charge in [-0.2, -0.15) is 0 Å². The maximum atomic E-state index is 14.7. The van der Waals surface area contributed by atoms with E-state index < -0.39 is 53.8 Å². The van der Waals surface area contributed by atoms with Gasteiger partial charge in [0.2, 0.25) is 17.7 Å². The molecule has 61 heavy (non-hydrogen) atoms. The van der Waals surface area contributed by atoms with Crippen molar-refractivity contribution in [3.8, 4) is 11.8 Å². The van der Waals surface area contributed by atoms with Crippen molar-refractivity contribution >= 4 is 29.6 Å². The Balaban J connectivity index is 1.13. The van der Waals surface area contributed by atoms with Crippen molar-refractivity contribution in [2.75, 3.05) is 6.61 Å². The van der Waals surface area contributed by atoms with Gasteiger partial charge in [0.15, 0.2) is 6.04 Å². The van der Waals surface area contributed by atoms with Crippen molar-refractivity contribution in [3.05, 3.63) is 0 Å². The monoisotopic (exact) mass is 847 g/mol. The molecule has 2 bridgehead atoms. The molecule has 5 N–H and O–H groups in total. The largest absolute Gasteiger partial charge is 0.480 e. The highest BCUT2D eigenvalue weighted by Gasteiger charge is 2.37. The number of nitrogens with one attached hydrogen (secondary N) is 4. The number of carbonyl (C=O) groups is 5. The van der Waals surface area contributed by atoms with Crippen LogP contribution in [0.3, 0.4) is 0 Å². The number of carboxylic acids is 1. The Kier molecular flexibility index (Phi) is 17.3. The second-order valence-electron chi connectivity index (χ2n) is 20.8. The Labute approximate surface area is 365 Å². The zero-order valence-corrected chi connectivity index (χ0v) is 37.1. The summed E-state index contributed by atoms with van der Waals surface area (Å²) in [7, 11) is 0. The lowest BCUT2D eigenvalue weighted by atomic mass is 9.68. The summed E-state index contributed by atoms with van der Waals surface area (Å²) in [5, 5.41) is 22.2. The van der Waals surface area contributed by atoms with E-state index in [1.54, 1.807) is 0 Å². The summed E-state index contributed by atoms with van der Waals surface area (Å²) in [6, 6.07) is -4.12. The van der Waals surface area contributed by atoms with E-state index in [9.17, 15) is 29.1 Å². The molecule has 0 radical (unpaired) electrons. The van der Waals surface area contributed by atoms with Gasteiger partial charge in [-0.05, 0) is 125 Å². The predicted octanol–water partition coefficient (Wildman–Crippen LogP) is 7.74. The highest BCUT2D eigenvalue weighted by Crippen LogP contribution is 2.43. The van der Waals surface area contributed by atoms with E-state index in [0.29, 0.717) is 49.9 Å². The van der Waals surface area contributed by atoms with Gasteiger partial charge in [0.25, 0.3) is 5.91 Å². The van der Waals surface area contributed by atoms with E-state index in [0.717, 1.165) is 102 Å². The van der Waals surface area contributed by atoms with E-state index in [1.165, 1.54) is 64.2 Å². The zero-order chi connectivity index (χ0) is 42.6. The Morgan fingerprint density at radius 2 is 1.13 bits per heavy atom. The van der Waals surface area contributed by atoms with E-state index in [1.807, 2.05) is 0 Å². The van der Waals surface area contributed by atoms with Gasteiger partial charge in [0, 0.05) is 5.92 Å². The Morgan fingerprint density at radius 1 is 0.541 bits per heavy atom. The number of carbonyl (C=O) groups excluding carboxylic acids is 4. The first-order valence-electron chi connectivity index (χ1n) is 25.2. The molecule has 0 spiro atoms. The van der Waals surface area contributed by atoms with Crippen LogP contribution in [0.1, 0.15) is 186 Å². The third-order valence-electron chi connectivity index (χ3n) is 16.6. The maximum absolute atomic E-state index is 14.7. The average Bonchev–Trinajstić information content (AvgIpc) is 3.28. The number of hydrogen-bond acceptors (Lipinski definition) is 6. The van der Waals surface area contributed by atoms with E-state index in [-0.39, 0.29) is 30.5 Å². The molecule has 0 aromatic carbocycles. The summed E-state index contributed by atoms with van der Waals surface area (Å²) in [5.41, 5.74) is 0. The van der Waals surface area contributed by atoms with Crippen molar-refractivity contribution in [3.63, 3.8) is 0 Å². The van der Waals surface area contributed by atoms with Crippen LogP contribution in [0, 0.1) is 59.2 Å². The molecule has 340 valence electrons. The Hall–Kier alpha value is -3.13. The van der Waals surface area contributed by atoms with Crippen LogP contribution in [0.15, 0.2) is 0 Å². The molecule has 6 aliphatic carbocycles. The zero-order valence-electron chi connectivity index (χ0n) is 37.1. The smallest absolute Gasteiger partial charge is 0.326 e. The molecule has 6 saturated carbocycles. The molecule has 8 rings (SSSR count). The van der Waals surface area contributed by atoms with E-state index >= 15 is 0 Å². The molecular formula is C50H78N4O7. The van der Waals surface area contributed by atoms with Crippen LogP contribution in [0.25, 0.3) is 0 Å².